The summed E-state index contributed by atoms with van der Waals surface area (Å²) in [5, 5.41) is 16.1. The van der Waals surface area contributed by atoms with Crippen molar-refractivity contribution in [1.29, 1.82) is 0 Å². The number of amides is 1. The maximum absolute atomic E-state index is 12.3. The van der Waals surface area contributed by atoms with Crippen molar-refractivity contribution in [3.63, 3.8) is 0 Å². The Morgan fingerprint density at radius 2 is 2.44 bits per heavy atom. The molecule has 1 amide bonds. The molecular weight excluding hydrogens is 232 g/mol. The minimum atomic E-state index is -0.178. The summed E-state index contributed by atoms with van der Waals surface area (Å²) in [7, 11) is 0. The number of anilines is 1. The third-order valence-corrected chi connectivity index (χ3v) is 3.43. The summed E-state index contributed by atoms with van der Waals surface area (Å²) in [4.78, 5) is 14.0. The highest BCUT2D eigenvalue weighted by atomic mass is 16.3. The van der Waals surface area contributed by atoms with Crippen LogP contribution in [0.5, 0.6) is 0 Å². The first-order valence-electron chi connectivity index (χ1n) is 6.43. The van der Waals surface area contributed by atoms with Crippen LogP contribution in [0.4, 0.5) is 5.69 Å². The average molecular weight is 252 g/mol. The molecule has 4 N–H and O–H groups in total. The number of likely N-dealkylation sites (tertiary alicyclic amines) is 1. The van der Waals surface area contributed by atoms with E-state index >= 15 is 0 Å². The van der Waals surface area contributed by atoms with E-state index in [9.17, 15) is 9.90 Å². The van der Waals surface area contributed by atoms with E-state index in [1.54, 1.807) is 4.90 Å². The number of carbonyl (C=O) groups is 1. The molecule has 0 bridgehead atoms. The zero-order valence-corrected chi connectivity index (χ0v) is 10.6. The van der Waals surface area contributed by atoms with E-state index in [2.05, 4.69) is 10.2 Å². The van der Waals surface area contributed by atoms with E-state index in [-0.39, 0.29) is 18.6 Å². The molecule has 0 saturated carbocycles. The van der Waals surface area contributed by atoms with Crippen LogP contribution in [0.3, 0.4) is 0 Å². The molecule has 1 aliphatic heterocycles. The fourth-order valence-corrected chi connectivity index (χ4v) is 2.42. The number of H-pyrrole nitrogens is 1. The molecule has 1 aromatic rings. The molecule has 1 saturated heterocycles. The Morgan fingerprint density at radius 3 is 3.11 bits per heavy atom. The highest BCUT2D eigenvalue weighted by molar-refractivity contribution is 5.98. The van der Waals surface area contributed by atoms with Gasteiger partial charge in [0.15, 0.2) is 5.69 Å². The number of aromatic amines is 1. The van der Waals surface area contributed by atoms with Crippen molar-refractivity contribution in [3.8, 4) is 0 Å². The molecule has 100 valence electrons. The van der Waals surface area contributed by atoms with Crippen LogP contribution in [0.25, 0.3) is 0 Å². The number of aromatic nitrogens is 2. The van der Waals surface area contributed by atoms with Crippen molar-refractivity contribution in [2.45, 2.75) is 38.6 Å². The Balaban J connectivity index is 2.18. The number of rotatable bonds is 4. The molecule has 0 radical (unpaired) electrons. The van der Waals surface area contributed by atoms with E-state index in [0.29, 0.717) is 17.9 Å². The van der Waals surface area contributed by atoms with Crippen molar-refractivity contribution in [3.05, 3.63) is 11.4 Å². The Bertz CT molecular complexity index is 430. The average Bonchev–Trinajstić information content (AvgIpc) is 2.97. The number of aliphatic hydroxyl groups excluding tert-OH is 1. The van der Waals surface area contributed by atoms with Crippen LogP contribution in [0.15, 0.2) is 0 Å². The molecule has 2 rings (SSSR count). The molecule has 18 heavy (non-hydrogen) atoms. The Morgan fingerprint density at radius 1 is 1.67 bits per heavy atom. The van der Waals surface area contributed by atoms with Crippen molar-refractivity contribution in [2.75, 3.05) is 18.9 Å². The largest absolute Gasteiger partial charge is 0.395 e. The van der Waals surface area contributed by atoms with Gasteiger partial charge in [0.1, 0.15) is 0 Å². The molecule has 6 nitrogen and oxygen atoms in total. The van der Waals surface area contributed by atoms with E-state index in [1.165, 1.54) is 0 Å². The van der Waals surface area contributed by atoms with E-state index in [1.807, 2.05) is 6.92 Å². The van der Waals surface area contributed by atoms with Crippen molar-refractivity contribution in [2.24, 2.45) is 0 Å². The highest BCUT2D eigenvalue weighted by Crippen LogP contribution is 2.23. The number of aryl methyl sites for hydroxylation is 1. The van der Waals surface area contributed by atoms with Gasteiger partial charge in [0, 0.05) is 6.54 Å². The predicted molar refractivity (Wildman–Crippen MR) is 68.1 cm³/mol. The van der Waals surface area contributed by atoms with Crippen LogP contribution in [0.1, 0.15) is 42.4 Å². The van der Waals surface area contributed by atoms with Gasteiger partial charge in [-0.2, -0.15) is 5.10 Å². The monoisotopic (exact) mass is 252 g/mol. The maximum Gasteiger partial charge on any atom is 0.276 e. The molecule has 6 heteroatoms. The van der Waals surface area contributed by atoms with Crippen LogP contribution in [-0.4, -0.2) is 45.3 Å². The summed E-state index contributed by atoms with van der Waals surface area (Å²) in [6, 6.07) is -0.0942. The zero-order valence-electron chi connectivity index (χ0n) is 10.6. The standard InChI is InChI=1S/C12H20N4O2/c1-2-4-9-10(13)11(15-14-9)12(18)16-6-3-5-8(16)7-17/h8,17H,2-7,13H2,1H3,(H,14,15)/t8-/m1/s1. The summed E-state index contributed by atoms with van der Waals surface area (Å²) in [6.45, 7) is 2.71. The molecule has 2 heterocycles. The summed E-state index contributed by atoms with van der Waals surface area (Å²) >= 11 is 0. The van der Waals surface area contributed by atoms with E-state index in [4.69, 9.17) is 5.73 Å². The normalized spacial score (nSPS) is 19.4. The number of nitrogens with two attached hydrogens (primary N) is 1. The lowest BCUT2D eigenvalue weighted by molar-refractivity contribution is 0.0673. The van der Waals surface area contributed by atoms with Gasteiger partial charge in [0.05, 0.1) is 24.0 Å². The number of nitrogen functional groups attached to an aromatic ring is 1. The molecule has 1 aromatic heterocycles. The van der Waals surface area contributed by atoms with Crippen LogP contribution < -0.4 is 5.73 Å². The number of nitrogens with one attached hydrogen (secondary N) is 1. The smallest absolute Gasteiger partial charge is 0.276 e. The van der Waals surface area contributed by atoms with Gasteiger partial charge in [-0.05, 0) is 19.3 Å². The number of hydrogen-bond donors (Lipinski definition) is 3. The summed E-state index contributed by atoms with van der Waals surface area (Å²) in [5.74, 6) is -0.178. The quantitative estimate of drug-likeness (QED) is 0.729. The van der Waals surface area contributed by atoms with Crippen LogP contribution >= 0.6 is 0 Å². The SMILES string of the molecule is CCCc1[nH]nc(C(=O)N2CCC[C@@H]2CO)c1N. The lowest BCUT2D eigenvalue weighted by Crippen LogP contribution is -2.38. The Labute approximate surface area is 106 Å². The fraction of sp³-hybridized carbons (Fsp3) is 0.667. The van der Waals surface area contributed by atoms with Gasteiger partial charge in [0.25, 0.3) is 5.91 Å². The van der Waals surface area contributed by atoms with E-state index in [0.717, 1.165) is 31.4 Å². The first kappa shape index (κ1) is 12.9. The van der Waals surface area contributed by atoms with Crippen LogP contribution in [0.2, 0.25) is 0 Å². The summed E-state index contributed by atoms with van der Waals surface area (Å²) in [5.41, 5.74) is 7.50. The molecule has 0 aliphatic carbocycles. The molecule has 1 fully saturated rings. The second kappa shape index (κ2) is 5.39. The molecule has 0 spiro atoms. The van der Waals surface area contributed by atoms with Gasteiger partial charge < -0.3 is 15.7 Å². The summed E-state index contributed by atoms with van der Waals surface area (Å²) in [6.07, 6.45) is 3.50. The lowest BCUT2D eigenvalue weighted by atomic mass is 10.2. The lowest BCUT2D eigenvalue weighted by Gasteiger charge is -2.22. The second-order valence-corrected chi connectivity index (χ2v) is 4.69. The third-order valence-electron chi connectivity index (χ3n) is 3.43. The van der Waals surface area contributed by atoms with Gasteiger partial charge in [0.2, 0.25) is 0 Å². The van der Waals surface area contributed by atoms with Gasteiger partial charge in [-0.1, -0.05) is 13.3 Å². The number of carbonyl (C=O) groups excluding carboxylic acids is 1. The third kappa shape index (κ3) is 2.20. The van der Waals surface area contributed by atoms with Gasteiger partial charge in [-0.15, -0.1) is 0 Å². The molecular formula is C12H20N4O2. The maximum atomic E-state index is 12.3. The van der Waals surface area contributed by atoms with Gasteiger partial charge in [-0.3, -0.25) is 9.89 Å². The molecule has 0 unspecified atom stereocenters. The zero-order chi connectivity index (χ0) is 13.1. The molecule has 1 atom stereocenters. The number of hydrogen-bond acceptors (Lipinski definition) is 4. The van der Waals surface area contributed by atoms with E-state index < -0.39 is 0 Å². The Hall–Kier alpha value is -1.56. The first-order chi connectivity index (χ1) is 8.69. The highest BCUT2D eigenvalue weighted by Gasteiger charge is 2.31. The van der Waals surface area contributed by atoms with Gasteiger partial charge >= 0.3 is 0 Å². The minimum Gasteiger partial charge on any atom is -0.395 e. The first-order valence-corrected chi connectivity index (χ1v) is 6.43. The second-order valence-electron chi connectivity index (χ2n) is 4.69. The topological polar surface area (TPSA) is 95.2 Å². The van der Waals surface area contributed by atoms with Crippen LogP contribution in [-0.2, 0) is 6.42 Å². The number of nitrogens with zero attached hydrogens (tertiary/aromatic N) is 2. The van der Waals surface area contributed by atoms with Gasteiger partial charge in [-0.25, -0.2) is 0 Å². The van der Waals surface area contributed by atoms with Crippen molar-refractivity contribution in [1.82, 2.24) is 15.1 Å². The Kier molecular flexibility index (Phi) is 3.86. The predicted octanol–water partition coefficient (Wildman–Crippen LogP) is 0.541. The molecule has 1 aliphatic rings. The minimum absolute atomic E-state index is 0.00210. The summed E-state index contributed by atoms with van der Waals surface area (Å²) < 4.78 is 0. The number of aliphatic hydroxyl groups is 1. The van der Waals surface area contributed by atoms with Crippen molar-refractivity contribution < 1.29 is 9.90 Å². The molecule has 0 aromatic carbocycles. The van der Waals surface area contributed by atoms with Crippen molar-refractivity contribution >= 4 is 11.6 Å². The fourth-order valence-electron chi connectivity index (χ4n) is 2.42. The van der Waals surface area contributed by atoms with Crippen LogP contribution in [0, 0.1) is 0 Å².